The molecular weight excluding hydrogens is 333 g/mol. The van der Waals surface area contributed by atoms with Crippen molar-refractivity contribution in [2.45, 2.75) is 0 Å². The lowest BCUT2D eigenvalue weighted by Gasteiger charge is -2.08. The van der Waals surface area contributed by atoms with Crippen molar-refractivity contribution in [3.8, 4) is 11.6 Å². The number of halogens is 2. The zero-order valence-corrected chi connectivity index (χ0v) is 13.0. The zero-order chi connectivity index (χ0) is 16.9. The van der Waals surface area contributed by atoms with Crippen LogP contribution in [0.3, 0.4) is 0 Å². The Morgan fingerprint density at radius 3 is 2.58 bits per heavy atom. The molecule has 0 saturated carbocycles. The molecule has 3 rings (SSSR count). The molecule has 0 fully saturated rings. The first kappa shape index (κ1) is 15.9. The van der Waals surface area contributed by atoms with E-state index in [2.05, 4.69) is 15.3 Å². The van der Waals surface area contributed by atoms with Gasteiger partial charge < -0.3 is 10.1 Å². The van der Waals surface area contributed by atoms with Crippen LogP contribution in [0.1, 0.15) is 10.4 Å². The number of carbonyl (C=O) groups is 1. The summed E-state index contributed by atoms with van der Waals surface area (Å²) in [6, 6.07) is 10.3. The summed E-state index contributed by atoms with van der Waals surface area (Å²) in [6.45, 7) is 0. The van der Waals surface area contributed by atoms with Crippen molar-refractivity contribution in [1.29, 1.82) is 0 Å². The maximum absolute atomic E-state index is 13.0. The van der Waals surface area contributed by atoms with E-state index in [1.807, 2.05) is 0 Å². The largest absolute Gasteiger partial charge is 0.438 e. The van der Waals surface area contributed by atoms with E-state index in [1.165, 1.54) is 24.5 Å². The highest BCUT2D eigenvalue weighted by atomic mass is 35.5. The molecule has 24 heavy (non-hydrogen) atoms. The van der Waals surface area contributed by atoms with E-state index in [9.17, 15) is 9.18 Å². The molecule has 0 bridgehead atoms. The summed E-state index contributed by atoms with van der Waals surface area (Å²) in [5, 5.41) is 2.73. The van der Waals surface area contributed by atoms with E-state index >= 15 is 0 Å². The second-order valence-electron chi connectivity index (χ2n) is 4.75. The zero-order valence-electron chi connectivity index (χ0n) is 12.2. The van der Waals surface area contributed by atoms with Crippen molar-refractivity contribution >= 4 is 23.2 Å². The van der Waals surface area contributed by atoms with Gasteiger partial charge in [-0.15, -0.1) is 0 Å². The topological polar surface area (TPSA) is 64.1 Å². The fraction of sp³-hybridized carbons (Fsp3) is 0. The summed E-state index contributed by atoms with van der Waals surface area (Å²) < 4.78 is 18.5. The van der Waals surface area contributed by atoms with Gasteiger partial charge in [0, 0.05) is 18.1 Å². The van der Waals surface area contributed by atoms with Crippen molar-refractivity contribution in [1.82, 2.24) is 9.97 Å². The smallest absolute Gasteiger partial charge is 0.257 e. The summed E-state index contributed by atoms with van der Waals surface area (Å²) >= 11 is 5.87. The number of anilines is 1. The first-order chi connectivity index (χ1) is 11.6. The maximum Gasteiger partial charge on any atom is 0.257 e. The molecule has 2 aromatic carbocycles. The van der Waals surface area contributed by atoms with Crippen LogP contribution in [0, 0.1) is 5.82 Å². The fourth-order valence-corrected chi connectivity index (χ4v) is 2.19. The maximum atomic E-state index is 13.0. The molecule has 0 spiro atoms. The lowest BCUT2D eigenvalue weighted by atomic mass is 10.2. The van der Waals surface area contributed by atoms with Gasteiger partial charge in [0.15, 0.2) is 0 Å². The lowest BCUT2D eigenvalue weighted by molar-refractivity contribution is 0.102. The molecule has 1 amide bonds. The minimum atomic E-state index is -0.498. The van der Waals surface area contributed by atoms with Gasteiger partial charge >= 0.3 is 0 Å². The SMILES string of the molecule is O=C(Nc1ccc(Oc2cnccn2)cc1)c1ccc(F)cc1Cl. The number of hydrogen-bond acceptors (Lipinski definition) is 4. The van der Waals surface area contributed by atoms with Gasteiger partial charge in [-0.2, -0.15) is 0 Å². The van der Waals surface area contributed by atoms with Gasteiger partial charge in [0.2, 0.25) is 5.88 Å². The normalized spacial score (nSPS) is 10.2. The standard InChI is InChI=1S/C17H11ClFN3O2/c18-15-9-11(19)1-6-14(15)17(23)22-12-2-4-13(5-3-12)24-16-10-20-7-8-21-16/h1-10H,(H,22,23). The average molecular weight is 344 g/mol. The molecule has 0 atom stereocenters. The first-order valence-corrected chi connectivity index (χ1v) is 7.30. The third-order valence-corrected chi connectivity index (χ3v) is 3.36. The average Bonchev–Trinajstić information content (AvgIpc) is 2.57. The Kier molecular flexibility index (Phi) is 4.67. The number of carbonyl (C=O) groups excluding carboxylic acids is 1. The predicted octanol–water partition coefficient (Wildman–Crippen LogP) is 4.31. The van der Waals surface area contributed by atoms with E-state index in [1.54, 1.807) is 30.5 Å². The van der Waals surface area contributed by atoms with Crippen molar-refractivity contribution in [2.24, 2.45) is 0 Å². The van der Waals surface area contributed by atoms with Gasteiger partial charge in [-0.1, -0.05) is 11.6 Å². The molecule has 1 aromatic heterocycles. The summed E-state index contributed by atoms with van der Waals surface area (Å²) in [5.74, 6) is -0.00893. The van der Waals surface area contributed by atoms with Crippen LogP contribution in [0.5, 0.6) is 11.6 Å². The lowest BCUT2D eigenvalue weighted by Crippen LogP contribution is -2.12. The van der Waals surface area contributed by atoms with Crippen LogP contribution in [0.2, 0.25) is 5.02 Å². The molecule has 3 aromatic rings. The minimum absolute atomic E-state index is 0.0510. The van der Waals surface area contributed by atoms with Gasteiger partial charge in [-0.05, 0) is 42.5 Å². The molecule has 0 radical (unpaired) electrons. The van der Waals surface area contributed by atoms with Crippen LogP contribution in [0.15, 0.2) is 61.1 Å². The second-order valence-corrected chi connectivity index (χ2v) is 5.16. The number of nitrogens with one attached hydrogen (secondary N) is 1. The van der Waals surface area contributed by atoms with Crippen molar-refractivity contribution in [3.63, 3.8) is 0 Å². The highest BCUT2D eigenvalue weighted by Gasteiger charge is 2.11. The number of amides is 1. The molecule has 1 heterocycles. The van der Waals surface area contributed by atoms with Crippen LogP contribution in [-0.2, 0) is 0 Å². The van der Waals surface area contributed by atoms with Crippen LogP contribution in [-0.4, -0.2) is 15.9 Å². The van der Waals surface area contributed by atoms with E-state index in [0.29, 0.717) is 17.3 Å². The molecular formula is C17H11ClFN3O2. The molecule has 120 valence electrons. The number of aromatic nitrogens is 2. The molecule has 7 heteroatoms. The first-order valence-electron chi connectivity index (χ1n) is 6.92. The summed E-state index contributed by atoms with van der Waals surface area (Å²) in [6.07, 6.45) is 4.56. The van der Waals surface area contributed by atoms with Crippen LogP contribution in [0.4, 0.5) is 10.1 Å². The highest BCUT2D eigenvalue weighted by Crippen LogP contribution is 2.22. The fourth-order valence-electron chi connectivity index (χ4n) is 1.94. The number of rotatable bonds is 4. The van der Waals surface area contributed by atoms with E-state index < -0.39 is 11.7 Å². The third kappa shape index (κ3) is 3.85. The number of ether oxygens (including phenoxy) is 1. The number of nitrogens with zero attached hydrogens (tertiary/aromatic N) is 2. The Labute approximate surface area is 142 Å². The molecule has 0 aliphatic heterocycles. The van der Waals surface area contributed by atoms with Gasteiger partial charge in [0.25, 0.3) is 5.91 Å². The van der Waals surface area contributed by atoms with Gasteiger partial charge in [-0.25, -0.2) is 9.37 Å². The highest BCUT2D eigenvalue weighted by molar-refractivity contribution is 6.34. The molecule has 0 unspecified atom stereocenters. The Bertz CT molecular complexity index is 857. The van der Waals surface area contributed by atoms with Gasteiger partial charge in [0.05, 0.1) is 16.8 Å². The Hall–Kier alpha value is -2.99. The van der Waals surface area contributed by atoms with Crippen LogP contribution >= 0.6 is 11.6 Å². The molecule has 0 saturated heterocycles. The van der Waals surface area contributed by atoms with Crippen molar-refractivity contribution in [2.75, 3.05) is 5.32 Å². The molecule has 5 nitrogen and oxygen atoms in total. The quantitative estimate of drug-likeness (QED) is 0.766. The Morgan fingerprint density at radius 1 is 1.12 bits per heavy atom. The summed E-state index contributed by atoms with van der Waals surface area (Å²) in [5.41, 5.74) is 0.741. The number of hydrogen-bond donors (Lipinski definition) is 1. The van der Waals surface area contributed by atoms with Crippen molar-refractivity contribution < 1.29 is 13.9 Å². The Balaban J connectivity index is 1.68. The van der Waals surface area contributed by atoms with E-state index in [-0.39, 0.29) is 10.6 Å². The van der Waals surface area contributed by atoms with Crippen molar-refractivity contribution in [3.05, 3.63) is 77.5 Å². The molecule has 0 aliphatic rings. The predicted molar refractivity (Wildman–Crippen MR) is 87.9 cm³/mol. The second kappa shape index (κ2) is 7.06. The molecule has 1 N–H and O–H groups in total. The van der Waals surface area contributed by atoms with E-state index in [4.69, 9.17) is 16.3 Å². The van der Waals surface area contributed by atoms with Gasteiger partial charge in [-0.3, -0.25) is 9.78 Å². The minimum Gasteiger partial charge on any atom is -0.438 e. The van der Waals surface area contributed by atoms with Gasteiger partial charge in [0.1, 0.15) is 11.6 Å². The third-order valence-electron chi connectivity index (χ3n) is 3.05. The summed E-state index contributed by atoms with van der Waals surface area (Å²) in [4.78, 5) is 20.1. The monoisotopic (exact) mass is 343 g/mol. The van der Waals surface area contributed by atoms with Crippen LogP contribution < -0.4 is 10.1 Å². The number of benzene rings is 2. The molecule has 0 aliphatic carbocycles. The summed E-state index contributed by atoms with van der Waals surface area (Å²) in [7, 11) is 0. The van der Waals surface area contributed by atoms with Crippen LogP contribution in [0.25, 0.3) is 0 Å². The Morgan fingerprint density at radius 2 is 1.92 bits per heavy atom. The van der Waals surface area contributed by atoms with E-state index in [0.717, 1.165) is 6.07 Å².